The lowest BCUT2D eigenvalue weighted by atomic mass is 10.1. The van der Waals surface area contributed by atoms with E-state index in [9.17, 15) is 4.79 Å². The van der Waals surface area contributed by atoms with Crippen molar-refractivity contribution in [2.24, 2.45) is 0 Å². The maximum atomic E-state index is 10.9. The molecule has 3 N–H and O–H groups in total. The number of carbonyl (C=O) groups is 1. The predicted molar refractivity (Wildman–Crippen MR) is 53.1 cm³/mol. The molecule has 1 aromatic carbocycles. The summed E-state index contributed by atoms with van der Waals surface area (Å²) >= 11 is 0. The molecule has 0 fully saturated rings. The van der Waals surface area contributed by atoms with Gasteiger partial charge in [-0.15, -0.1) is 0 Å². The third kappa shape index (κ3) is 1.56. The Bertz CT molecular complexity index is 439. The molecule has 80 valence electrons. The summed E-state index contributed by atoms with van der Waals surface area (Å²) in [5.41, 5.74) is 5.92. The third-order valence-corrected chi connectivity index (χ3v) is 2.01. The molecule has 0 aromatic heterocycles. The van der Waals surface area contributed by atoms with Crippen molar-refractivity contribution in [3.8, 4) is 11.5 Å². The molecule has 0 spiro atoms. The minimum Gasteiger partial charge on any atom is -0.478 e. The van der Waals surface area contributed by atoms with Gasteiger partial charge in [-0.1, -0.05) is 0 Å². The molecule has 0 amide bonds. The highest BCUT2D eigenvalue weighted by molar-refractivity contribution is 5.93. The normalized spacial score (nSPS) is 16.4. The van der Waals surface area contributed by atoms with Crippen molar-refractivity contribution < 1.29 is 19.4 Å². The number of anilines is 1. The predicted octanol–water partition coefficient (Wildman–Crippen LogP) is 1.47. The second kappa shape index (κ2) is 2.79. The van der Waals surface area contributed by atoms with Crippen LogP contribution in [0.15, 0.2) is 12.1 Å². The van der Waals surface area contributed by atoms with Gasteiger partial charge in [0, 0.05) is 25.6 Å². The summed E-state index contributed by atoms with van der Waals surface area (Å²) in [5.74, 6) is -1.32. The van der Waals surface area contributed by atoms with Crippen LogP contribution in [0.1, 0.15) is 24.2 Å². The van der Waals surface area contributed by atoms with Crippen LogP contribution in [0.25, 0.3) is 0 Å². The first-order chi connectivity index (χ1) is 6.89. The maximum Gasteiger partial charge on any atom is 0.339 e. The molecular weight excluding hydrogens is 198 g/mol. The van der Waals surface area contributed by atoms with Gasteiger partial charge in [0.1, 0.15) is 5.56 Å². The van der Waals surface area contributed by atoms with E-state index in [1.807, 2.05) is 0 Å². The van der Waals surface area contributed by atoms with E-state index in [0.717, 1.165) is 0 Å². The number of ether oxygens (including phenoxy) is 2. The van der Waals surface area contributed by atoms with Gasteiger partial charge in [0.2, 0.25) is 5.79 Å². The zero-order chi connectivity index (χ0) is 11.2. The Morgan fingerprint density at radius 3 is 2.67 bits per heavy atom. The van der Waals surface area contributed by atoms with E-state index in [2.05, 4.69) is 0 Å². The maximum absolute atomic E-state index is 10.9. The Kier molecular flexibility index (Phi) is 1.79. The molecule has 1 heterocycles. The zero-order valence-electron chi connectivity index (χ0n) is 8.40. The lowest BCUT2D eigenvalue weighted by Crippen LogP contribution is -2.30. The summed E-state index contributed by atoms with van der Waals surface area (Å²) < 4.78 is 10.8. The Hall–Kier alpha value is -1.91. The number of rotatable bonds is 1. The fourth-order valence-corrected chi connectivity index (χ4v) is 1.49. The van der Waals surface area contributed by atoms with Crippen LogP contribution in [0.5, 0.6) is 11.5 Å². The lowest BCUT2D eigenvalue weighted by Gasteiger charge is -2.16. The molecule has 2 rings (SSSR count). The molecule has 0 radical (unpaired) electrons. The first-order valence-electron chi connectivity index (χ1n) is 4.44. The van der Waals surface area contributed by atoms with Crippen LogP contribution in [0.4, 0.5) is 5.69 Å². The average molecular weight is 209 g/mol. The van der Waals surface area contributed by atoms with Crippen LogP contribution in [-0.2, 0) is 0 Å². The van der Waals surface area contributed by atoms with Crippen molar-refractivity contribution in [1.82, 2.24) is 0 Å². The standard InChI is InChI=1S/C10H11NO4/c1-10(2)14-7-4-5(11)3-6(9(12)13)8(7)15-10/h3-4H,11H2,1-2H3,(H,12,13). The highest BCUT2D eigenvalue weighted by Crippen LogP contribution is 2.43. The molecule has 0 atom stereocenters. The lowest BCUT2D eigenvalue weighted by molar-refractivity contribution is -0.0434. The van der Waals surface area contributed by atoms with E-state index in [-0.39, 0.29) is 11.3 Å². The number of carboxylic acid groups (broad SMARTS) is 1. The van der Waals surface area contributed by atoms with E-state index in [1.54, 1.807) is 19.9 Å². The second-order valence-corrected chi connectivity index (χ2v) is 3.80. The topological polar surface area (TPSA) is 81.8 Å². The Morgan fingerprint density at radius 2 is 2.07 bits per heavy atom. The highest BCUT2D eigenvalue weighted by atomic mass is 16.7. The number of aromatic carboxylic acids is 1. The Balaban J connectivity index is 2.58. The fraction of sp³-hybridized carbons (Fsp3) is 0.300. The quantitative estimate of drug-likeness (QED) is 0.684. The third-order valence-electron chi connectivity index (χ3n) is 2.01. The van der Waals surface area contributed by atoms with Crippen LogP contribution in [-0.4, -0.2) is 16.9 Å². The van der Waals surface area contributed by atoms with Gasteiger partial charge in [-0.3, -0.25) is 0 Å². The van der Waals surface area contributed by atoms with Crippen LogP contribution >= 0.6 is 0 Å². The number of carboxylic acids is 1. The SMILES string of the molecule is CC1(C)Oc2cc(N)cc(C(=O)O)c2O1. The van der Waals surface area contributed by atoms with Gasteiger partial charge in [0.25, 0.3) is 0 Å². The molecule has 1 aliphatic heterocycles. The number of nitrogen functional groups attached to an aromatic ring is 1. The molecule has 0 aliphatic carbocycles. The summed E-state index contributed by atoms with van der Waals surface area (Å²) in [7, 11) is 0. The number of hydrogen-bond donors (Lipinski definition) is 2. The van der Waals surface area contributed by atoms with Crippen LogP contribution in [0.3, 0.4) is 0 Å². The van der Waals surface area contributed by atoms with Crippen molar-refractivity contribution in [2.75, 3.05) is 5.73 Å². The van der Waals surface area contributed by atoms with Crippen molar-refractivity contribution >= 4 is 11.7 Å². The van der Waals surface area contributed by atoms with Crippen molar-refractivity contribution in [2.45, 2.75) is 19.6 Å². The van der Waals surface area contributed by atoms with Gasteiger partial charge in [-0.2, -0.15) is 0 Å². The van der Waals surface area contributed by atoms with Gasteiger partial charge < -0.3 is 20.3 Å². The summed E-state index contributed by atoms with van der Waals surface area (Å²) in [6.07, 6.45) is 0. The first-order valence-corrected chi connectivity index (χ1v) is 4.44. The smallest absolute Gasteiger partial charge is 0.339 e. The largest absolute Gasteiger partial charge is 0.478 e. The molecule has 15 heavy (non-hydrogen) atoms. The van der Waals surface area contributed by atoms with Crippen LogP contribution < -0.4 is 15.2 Å². The van der Waals surface area contributed by atoms with Gasteiger partial charge >= 0.3 is 5.97 Å². The molecular formula is C10H11NO4. The van der Waals surface area contributed by atoms with E-state index in [1.165, 1.54) is 6.07 Å². The van der Waals surface area contributed by atoms with E-state index >= 15 is 0 Å². The summed E-state index contributed by atoms with van der Waals surface area (Å²) in [6.45, 7) is 3.41. The molecule has 0 saturated carbocycles. The fourth-order valence-electron chi connectivity index (χ4n) is 1.49. The zero-order valence-corrected chi connectivity index (χ0v) is 8.40. The molecule has 5 nitrogen and oxygen atoms in total. The molecule has 0 saturated heterocycles. The molecule has 1 aliphatic rings. The van der Waals surface area contributed by atoms with Crippen LogP contribution in [0.2, 0.25) is 0 Å². The highest BCUT2D eigenvalue weighted by Gasteiger charge is 2.35. The number of fused-ring (bicyclic) bond motifs is 1. The number of hydrogen-bond acceptors (Lipinski definition) is 4. The minimum atomic E-state index is -1.08. The first kappa shape index (κ1) is 9.64. The van der Waals surface area contributed by atoms with Crippen LogP contribution in [0, 0.1) is 0 Å². The molecule has 0 bridgehead atoms. The number of nitrogens with two attached hydrogens (primary N) is 1. The second-order valence-electron chi connectivity index (χ2n) is 3.80. The van der Waals surface area contributed by atoms with E-state index < -0.39 is 11.8 Å². The Morgan fingerprint density at radius 1 is 1.40 bits per heavy atom. The van der Waals surface area contributed by atoms with Crippen molar-refractivity contribution in [3.05, 3.63) is 17.7 Å². The molecule has 0 unspecified atom stereocenters. The molecule has 5 heteroatoms. The van der Waals surface area contributed by atoms with Gasteiger partial charge in [0.15, 0.2) is 11.5 Å². The summed E-state index contributed by atoms with van der Waals surface area (Å²) in [4.78, 5) is 10.9. The van der Waals surface area contributed by atoms with Gasteiger partial charge in [0.05, 0.1) is 0 Å². The number of benzene rings is 1. The summed E-state index contributed by atoms with van der Waals surface area (Å²) in [5, 5.41) is 8.95. The van der Waals surface area contributed by atoms with Gasteiger partial charge in [-0.25, -0.2) is 4.79 Å². The van der Waals surface area contributed by atoms with Gasteiger partial charge in [-0.05, 0) is 6.07 Å². The summed E-state index contributed by atoms with van der Waals surface area (Å²) in [6, 6.07) is 2.91. The van der Waals surface area contributed by atoms with Crippen molar-refractivity contribution in [1.29, 1.82) is 0 Å². The van der Waals surface area contributed by atoms with E-state index in [4.69, 9.17) is 20.3 Å². The molecule has 1 aromatic rings. The average Bonchev–Trinajstić information content (AvgIpc) is 2.36. The minimum absolute atomic E-state index is 0.0237. The van der Waals surface area contributed by atoms with Crippen molar-refractivity contribution in [3.63, 3.8) is 0 Å². The monoisotopic (exact) mass is 209 g/mol. The van der Waals surface area contributed by atoms with E-state index in [0.29, 0.717) is 11.4 Å². The Labute approximate surface area is 86.4 Å².